The van der Waals surface area contributed by atoms with Gasteiger partial charge in [0.2, 0.25) is 0 Å². The molecular formula is C27H33N5O6. The summed E-state index contributed by atoms with van der Waals surface area (Å²) in [6, 6.07) is 5.42. The van der Waals surface area contributed by atoms with Crippen LogP contribution in [0.3, 0.4) is 0 Å². The van der Waals surface area contributed by atoms with Gasteiger partial charge in [-0.1, -0.05) is 0 Å². The molecule has 3 aliphatic rings. The van der Waals surface area contributed by atoms with Gasteiger partial charge in [0, 0.05) is 7.05 Å². The fourth-order valence-electron chi connectivity index (χ4n) is 5.26. The third kappa shape index (κ3) is 5.38. The first kappa shape index (κ1) is 25.8. The number of hydrogen-bond donors (Lipinski definition) is 3. The van der Waals surface area contributed by atoms with E-state index in [1.54, 1.807) is 19.2 Å². The second-order valence-electron chi connectivity index (χ2n) is 9.97. The van der Waals surface area contributed by atoms with E-state index in [0.717, 1.165) is 37.2 Å². The van der Waals surface area contributed by atoms with Crippen molar-refractivity contribution < 1.29 is 28.6 Å². The Labute approximate surface area is 221 Å². The predicted octanol–water partition coefficient (Wildman–Crippen LogP) is 1.87. The molecule has 0 bridgehead atoms. The summed E-state index contributed by atoms with van der Waals surface area (Å²) >= 11 is 0. The number of rotatable bonds is 9. The van der Waals surface area contributed by atoms with Gasteiger partial charge < -0.3 is 30.2 Å². The lowest BCUT2D eigenvalue weighted by Gasteiger charge is -2.19. The summed E-state index contributed by atoms with van der Waals surface area (Å²) < 4.78 is 16.7. The van der Waals surface area contributed by atoms with Gasteiger partial charge >= 0.3 is 6.09 Å². The highest BCUT2D eigenvalue weighted by atomic mass is 16.6. The number of hydrogen-bond acceptors (Lipinski definition) is 8. The average molecular weight is 524 g/mol. The predicted molar refractivity (Wildman–Crippen MR) is 140 cm³/mol. The topological polar surface area (TPSA) is 131 Å². The molecule has 2 aromatic rings. The molecular weight excluding hydrogens is 490 g/mol. The Morgan fingerprint density at radius 3 is 2.87 bits per heavy atom. The Morgan fingerprint density at radius 1 is 1.24 bits per heavy atom. The van der Waals surface area contributed by atoms with E-state index < -0.39 is 6.09 Å². The van der Waals surface area contributed by atoms with Crippen LogP contribution in [0.15, 0.2) is 18.2 Å². The summed E-state index contributed by atoms with van der Waals surface area (Å²) in [7, 11) is 1.60. The number of pyridine rings is 1. The van der Waals surface area contributed by atoms with E-state index in [1.165, 1.54) is 21.6 Å². The van der Waals surface area contributed by atoms with Gasteiger partial charge in [-0.05, 0) is 92.6 Å². The second kappa shape index (κ2) is 10.9. The van der Waals surface area contributed by atoms with E-state index in [-0.39, 0.29) is 31.1 Å². The first-order chi connectivity index (χ1) is 18.3. The van der Waals surface area contributed by atoms with E-state index >= 15 is 0 Å². The number of anilines is 2. The van der Waals surface area contributed by atoms with Crippen molar-refractivity contribution in [1.82, 2.24) is 15.6 Å². The smallest absolute Gasteiger partial charge is 0.415 e. The van der Waals surface area contributed by atoms with E-state index in [0.29, 0.717) is 36.3 Å². The number of fused-ring (bicyclic) bond motifs is 2. The maximum absolute atomic E-state index is 12.5. The molecule has 5 rings (SSSR count). The van der Waals surface area contributed by atoms with Crippen molar-refractivity contribution in [3.05, 3.63) is 40.5 Å². The van der Waals surface area contributed by atoms with Crippen LogP contribution in [0.2, 0.25) is 0 Å². The lowest BCUT2D eigenvalue weighted by atomic mass is 9.99. The first-order valence-electron chi connectivity index (χ1n) is 12.9. The first-order valence-corrected chi connectivity index (χ1v) is 12.9. The maximum Gasteiger partial charge on any atom is 0.415 e. The van der Waals surface area contributed by atoms with Crippen molar-refractivity contribution in [1.29, 1.82) is 0 Å². The summed E-state index contributed by atoms with van der Waals surface area (Å²) in [6.45, 7) is 6.10. The lowest BCUT2D eigenvalue weighted by Crippen LogP contribution is -2.30. The fraction of sp³-hybridized carbons (Fsp3) is 0.481. The number of aryl methyl sites for hydroxylation is 1. The number of likely N-dealkylation sites (N-methyl/N-ethyl adjacent to an activating group) is 1. The Bertz CT molecular complexity index is 1270. The monoisotopic (exact) mass is 523 g/mol. The molecule has 1 fully saturated rings. The van der Waals surface area contributed by atoms with E-state index in [4.69, 9.17) is 14.2 Å². The van der Waals surface area contributed by atoms with Gasteiger partial charge in [0.1, 0.15) is 17.7 Å². The minimum absolute atomic E-state index is 0.0111. The quantitative estimate of drug-likeness (QED) is 0.425. The standard InChI is InChI=1S/C27H33N5O6/c1-15-8-22(37-13-24(33)28-3)16(2)20-10-17(9-19(15)20)11-29-7-6-18-12-32(27(35)38-18)23-5-4-21-26(30-23)31-25(34)14-36-21/h4-5,8,17-18,29H,6-7,9-14H2,1-3H3,(H,28,33)(H,30,31,34). The molecule has 2 atom stereocenters. The summed E-state index contributed by atoms with van der Waals surface area (Å²) in [6.07, 6.45) is 1.95. The van der Waals surface area contributed by atoms with Crippen LogP contribution < -0.4 is 30.3 Å². The van der Waals surface area contributed by atoms with Gasteiger partial charge in [-0.2, -0.15) is 0 Å². The third-order valence-electron chi connectivity index (χ3n) is 7.32. The summed E-state index contributed by atoms with van der Waals surface area (Å²) in [5.74, 6) is 2.02. The Kier molecular flexibility index (Phi) is 7.37. The number of nitrogens with one attached hydrogen (secondary N) is 3. The van der Waals surface area contributed by atoms with Crippen molar-refractivity contribution in [2.45, 2.75) is 39.2 Å². The molecule has 3 amide bonds. The van der Waals surface area contributed by atoms with Crippen LogP contribution in [0.25, 0.3) is 0 Å². The normalized spacial score (nSPS) is 19.8. The van der Waals surface area contributed by atoms with Gasteiger partial charge in [-0.3, -0.25) is 14.5 Å². The highest BCUT2D eigenvalue weighted by Gasteiger charge is 2.34. The van der Waals surface area contributed by atoms with Gasteiger partial charge in [-0.25, -0.2) is 9.78 Å². The molecule has 1 saturated heterocycles. The zero-order valence-corrected chi connectivity index (χ0v) is 21.9. The second-order valence-corrected chi connectivity index (χ2v) is 9.97. The fourth-order valence-corrected chi connectivity index (χ4v) is 5.26. The van der Waals surface area contributed by atoms with Crippen LogP contribution in [0.4, 0.5) is 16.4 Å². The highest BCUT2D eigenvalue weighted by molar-refractivity contribution is 5.95. The van der Waals surface area contributed by atoms with Gasteiger partial charge in [0.15, 0.2) is 24.8 Å². The molecule has 0 radical (unpaired) electrons. The van der Waals surface area contributed by atoms with Crippen LogP contribution in [-0.4, -0.2) is 68.9 Å². The van der Waals surface area contributed by atoms with E-state index in [1.807, 2.05) is 6.07 Å². The van der Waals surface area contributed by atoms with E-state index in [9.17, 15) is 14.4 Å². The third-order valence-corrected chi connectivity index (χ3v) is 7.32. The molecule has 1 aliphatic carbocycles. The van der Waals surface area contributed by atoms with Crippen molar-refractivity contribution >= 4 is 29.5 Å². The summed E-state index contributed by atoms with van der Waals surface area (Å²) in [5.41, 5.74) is 5.00. The largest absolute Gasteiger partial charge is 0.483 e. The van der Waals surface area contributed by atoms with Gasteiger partial charge in [-0.15, -0.1) is 0 Å². The molecule has 0 saturated carbocycles. The van der Waals surface area contributed by atoms with Crippen LogP contribution >= 0.6 is 0 Å². The van der Waals surface area contributed by atoms with Gasteiger partial charge in [0.25, 0.3) is 11.8 Å². The number of carbonyl (C=O) groups is 3. The zero-order chi connectivity index (χ0) is 26.8. The number of ether oxygens (including phenoxy) is 3. The van der Waals surface area contributed by atoms with Crippen molar-refractivity contribution in [2.24, 2.45) is 5.92 Å². The highest BCUT2D eigenvalue weighted by Crippen LogP contribution is 2.36. The number of carbonyl (C=O) groups excluding carboxylic acids is 3. The van der Waals surface area contributed by atoms with Crippen LogP contribution in [0.1, 0.15) is 28.7 Å². The van der Waals surface area contributed by atoms with Crippen molar-refractivity contribution in [2.75, 3.05) is 50.1 Å². The molecule has 38 heavy (non-hydrogen) atoms. The molecule has 1 aromatic heterocycles. The molecule has 11 heteroatoms. The number of cyclic esters (lactones) is 1. The van der Waals surface area contributed by atoms with Crippen LogP contribution in [-0.2, 0) is 27.2 Å². The lowest BCUT2D eigenvalue weighted by molar-refractivity contribution is -0.122. The number of benzene rings is 1. The van der Waals surface area contributed by atoms with Crippen LogP contribution in [0, 0.1) is 19.8 Å². The molecule has 2 aliphatic heterocycles. The molecule has 0 spiro atoms. The van der Waals surface area contributed by atoms with Gasteiger partial charge in [0.05, 0.1) is 6.54 Å². The minimum Gasteiger partial charge on any atom is -0.483 e. The Morgan fingerprint density at radius 2 is 2.05 bits per heavy atom. The average Bonchev–Trinajstić information content (AvgIpc) is 3.51. The summed E-state index contributed by atoms with van der Waals surface area (Å²) in [5, 5.41) is 8.77. The number of amides is 3. The Balaban J connectivity index is 1.10. The maximum atomic E-state index is 12.5. The summed E-state index contributed by atoms with van der Waals surface area (Å²) in [4.78, 5) is 41.5. The van der Waals surface area contributed by atoms with Crippen molar-refractivity contribution in [3.8, 4) is 11.5 Å². The zero-order valence-electron chi connectivity index (χ0n) is 21.9. The molecule has 202 valence electrons. The molecule has 3 heterocycles. The van der Waals surface area contributed by atoms with E-state index in [2.05, 4.69) is 34.8 Å². The molecule has 2 unspecified atom stereocenters. The Hall–Kier alpha value is -3.86. The SMILES string of the molecule is CNC(=O)COc1cc(C)c2c(c1C)CC(CNCCC1CN(c3ccc4c(n3)NC(=O)CO4)C(=O)O1)C2. The number of aromatic nitrogens is 1. The number of nitrogens with zero attached hydrogens (tertiary/aromatic N) is 2. The molecule has 3 N–H and O–H groups in total. The molecule has 1 aromatic carbocycles. The van der Waals surface area contributed by atoms with Crippen LogP contribution in [0.5, 0.6) is 11.5 Å². The minimum atomic E-state index is -0.447. The molecule has 11 nitrogen and oxygen atoms in total. The van der Waals surface area contributed by atoms with Crippen molar-refractivity contribution in [3.63, 3.8) is 0 Å².